The summed E-state index contributed by atoms with van der Waals surface area (Å²) in [4.78, 5) is 12.3. The molecule has 0 aliphatic heterocycles. The highest BCUT2D eigenvalue weighted by atomic mass is 16.6. The first kappa shape index (κ1) is 17.9. The van der Waals surface area contributed by atoms with Crippen molar-refractivity contribution in [2.75, 3.05) is 0 Å². The molecular weight excluding hydrogens is 328 g/mol. The van der Waals surface area contributed by atoms with Gasteiger partial charge >= 0.3 is 5.97 Å². The predicted molar refractivity (Wildman–Crippen MR) is 98.8 cm³/mol. The van der Waals surface area contributed by atoms with E-state index in [1.807, 2.05) is 43.3 Å². The molecule has 5 heteroatoms. The van der Waals surface area contributed by atoms with E-state index in [9.17, 15) is 4.79 Å². The third kappa shape index (κ3) is 3.99. The summed E-state index contributed by atoms with van der Waals surface area (Å²) in [7, 11) is 0. The fourth-order valence-electron chi connectivity index (χ4n) is 2.49. The molecule has 0 amide bonds. The largest absolute Gasteiger partial charge is 0.449 e. The first-order valence-electron chi connectivity index (χ1n) is 8.65. The number of carbonyl (C=O) groups excluding carboxylic acids is 1. The average Bonchev–Trinajstić information content (AvgIpc) is 3.12. The van der Waals surface area contributed by atoms with Crippen molar-refractivity contribution in [2.45, 2.75) is 39.7 Å². The van der Waals surface area contributed by atoms with Gasteiger partial charge in [-0.2, -0.15) is 0 Å². The number of esters is 1. The van der Waals surface area contributed by atoms with E-state index >= 15 is 0 Å². The third-order valence-corrected chi connectivity index (χ3v) is 4.18. The van der Waals surface area contributed by atoms with Gasteiger partial charge in [0.2, 0.25) is 5.89 Å². The van der Waals surface area contributed by atoms with Gasteiger partial charge in [-0.25, -0.2) is 4.79 Å². The minimum Gasteiger partial charge on any atom is -0.449 e. The summed E-state index contributed by atoms with van der Waals surface area (Å²) in [5.41, 5.74) is 3.66. The van der Waals surface area contributed by atoms with Crippen molar-refractivity contribution in [2.24, 2.45) is 0 Å². The summed E-state index contributed by atoms with van der Waals surface area (Å²) in [6, 6.07) is 15.2. The van der Waals surface area contributed by atoms with Gasteiger partial charge < -0.3 is 9.15 Å². The highest BCUT2D eigenvalue weighted by Crippen LogP contribution is 2.24. The van der Waals surface area contributed by atoms with Crippen LogP contribution in [-0.4, -0.2) is 16.2 Å². The van der Waals surface area contributed by atoms with Gasteiger partial charge in [0, 0.05) is 5.56 Å². The Morgan fingerprint density at radius 1 is 0.962 bits per heavy atom. The SMILES string of the molecule is Cc1ccc(-c2nnc([C@H](C)OC(=O)c3ccc(C(C)C)cc3)o2)cc1. The summed E-state index contributed by atoms with van der Waals surface area (Å²) in [5.74, 6) is 0.678. The number of aryl methyl sites for hydroxylation is 1. The van der Waals surface area contributed by atoms with E-state index in [0.717, 1.165) is 11.1 Å². The molecular formula is C21H22N2O3. The highest BCUT2D eigenvalue weighted by molar-refractivity contribution is 5.89. The quantitative estimate of drug-likeness (QED) is 0.600. The fourth-order valence-corrected chi connectivity index (χ4v) is 2.49. The molecule has 0 aliphatic carbocycles. The zero-order valence-corrected chi connectivity index (χ0v) is 15.4. The number of hydrogen-bond donors (Lipinski definition) is 0. The van der Waals surface area contributed by atoms with Crippen molar-refractivity contribution >= 4 is 5.97 Å². The van der Waals surface area contributed by atoms with Gasteiger partial charge in [0.25, 0.3) is 5.89 Å². The second-order valence-electron chi connectivity index (χ2n) is 6.64. The van der Waals surface area contributed by atoms with Crippen LogP contribution < -0.4 is 0 Å². The second kappa shape index (κ2) is 7.52. The van der Waals surface area contributed by atoms with Gasteiger partial charge in [0.15, 0.2) is 6.10 Å². The van der Waals surface area contributed by atoms with E-state index in [4.69, 9.17) is 9.15 Å². The van der Waals surface area contributed by atoms with Gasteiger partial charge in [-0.15, -0.1) is 10.2 Å². The lowest BCUT2D eigenvalue weighted by molar-refractivity contribution is 0.0280. The molecule has 0 fully saturated rings. The van der Waals surface area contributed by atoms with Crippen LogP contribution in [0, 0.1) is 6.92 Å². The van der Waals surface area contributed by atoms with Crippen LogP contribution in [0.3, 0.4) is 0 Å². The molecule has 0 bridgehead atoms. The van der Waals surface area contributed by atoms with Crippen LogP contribution in [-0.2, 0) is 4.74 Å². The molecule has 0 saturated carbocycles. The minimum absolute atomic E-state index is 0.271. The van der Waals surface area contributed by atoms with E-state index in [1.54, 1.807) is 19.1 Å². The summed E-state index contributed by atoms with van der Waals surface area (Å²) in [6.45, 7) is 7.94. The Labute approximate surface area is 153 Å². The van der Waals surface area contributed by atoms with Crippen LogP contribution in [0.4, 0.5) is 0 Å². The molecule has 0 aliphatic rings. The van der Waals surface area contributed by atoms with E-state index in [-0.39, 0.29) is 5.89 Å². The zero-order chi connectivity index (χ0) is 18.7. The minimum atomic E-state index is -0.626. The molecule has 134 valence electrons. The van der Waals surface area contributed by atoms with Crippen LogP contribution in [0.5, 0.6) is 0 Å². The highest BCUT2D eigenvalue weighted by Gasteiger charge is 2.20. The molecule has 2 aromatic carbocycles. The van der Waals surface area contributed by atoms with Crippen LogP contribution in [0.15, 0.2) is 52.9 Å². The number of hydrogen-bond acceptors (Lipinski definition) is 5. The topological polar surface area (TPSA) is 65.2 Å². The molecule has 3 aromatic rings. The Bertz CT molecular complexity index is 880. The average molecular weight is 350 g/mol. The summed E-state index contributed by atoms with van der Waals surface area (Å²) >= 11 is 0. The monoisotopic (exact) mass is 350 g/mol. The number of ether oxygens (including phenoxy) is 1. The molecule has 0 spiro atoms. The molecule has 3 rings (SSSR count). The second-order valence-corrected chi connectivity index (χ2v) is 6.64. The van der Waals surface area contributed by atoms with Crippen molar-refractivity contribution in [1.82, 2.24) is 10.2 Å². The normalized spacial score (nSPS) is 12.2. The van der Waals surface area contributed by atoms with E-state index < -0.39 is 12.1 Å². The smallest absolute Gasteiger partial charge is 0.338 e. The van der Waals surface area contributed by atoms with Crippen molar-refractivity contribution in [3.05, 3.63) is 71.1 Å². The third-order valence-electron chi connectivity index (χ3n) is 4.18. The Balaban J connectivity index is 1.68. The van der Waals surface area contributed by atoms with Gasteiger partial charge in [0.05, 0.1) is 5.56 Å². The lowest BCUT2D eigenvalue weighted by Crippen LogP contribution is -2.09. The lowest BCUT2D eigenvalue weighted by Gasteiger charge is -2.10. The molecule has 0 radical (unpaired) electrons. The molecule has 0 unspecified atom stereocenters. The first-order valence-corrected chi connectivity index (χ1v) is 8.65. The Kier molecular flexibility index (Phi) is 5.16. The number of nitrogens with zero attached hydrogens (tertiary/aromatic N) is 2. The molecule has 26 heavy (non-hydrogen) atoms. The molecule has 0 N–H and O–H groups in total. The van der Waals surface area contributed by atoms with Gasteiger partial charge in [-0.3, -0.25) is 0 Å². The summed E-state index contributed by atoms with van der Waals surface area (Å²) in [5, 5.41) is 8.05. The number of benzene rings is 2. The molecule has 5 nitrogen and oxygen atoms in total. The van der Waals surface area contributed by atoms with Crippen LogP contribution >= 0.6 is 0 Å². The lowest BCUT2D eigenvalue weighted by atomic mass is 10.0. The molecule has 1 atom stereocenters. The van der Waals surface area contributed by atoms with Crippen molar-refractivity contribution in [3.8, 4) is 11.5 Å². The first-order chi connectivity index (χ1) is 12.4. The number of aromatic nitrogens is 2. The zero-order valence-electron chi connectivity index (χ0n) is 15.4. The number of rotatable bonds is 5. The standard InChI is InChI=1S/C21H22N2O3/c1-13(2)16-9-11-18(12-10-16)21(24)25-15(4)19-22-23-20(26-19)17-7-5-14(3)6-8-17/h5-13,15H,1-4H3/t15-/m0/s1. The van der Waals surface area contributed by atoms with Crippen LogP contribution in [0.2, 0.25) is 0 Å². The number of carbonyl (C=O) groups is 1. The van der Waals surface area contributed by atoms with E-state index in [2.05, 4.69) is 24.0 Å². The fraction of sp³-hybridized carbons (Fsp3) is 0.286. The molecule has 1 aromatic heterocycles. The Morgan fingerprint density at radius 3 is 2.23 bits per heavy atom. The maximum absolute atomic E-state index is 12.3. The maximum atomic E-state index is 12.3. The summed E-state index contributed by atoms with van der Waals surface area (Å²) in [6.07, 6.45) is -0.626. The van der Waals surface area contributed by atoms with Gasteiger partial charge in [-0.1, -0.05) is 43.7 Å². The van der Waals surface area contributed by atoms with E-state index in [1.165, 1.54) is 5.56 Å². The van der Waals surface area contributed by atoms with Gasteiger partial charge in [0.1, 0.15) is 0 Å². The molecule has 0 saturated heterocycles. The van der Waals surface area contributed by atoms with Gasteiger partial charge in [-0.05, 0) is 49.6 Å². The van der Waals surface area contributed by atoms with E-state index in [0.29, 0.717) is 17.4 Å². The Morgan fingerprint density at radius 2 is 1.62 bits per heavy atom. The molecule has 1 heterocycles. The van der Waals surface area contributed by atoms with Crippen molar-refractivity contribution in [3.63, 3.8) is 0 Å². The Hall–Kier alpha value is -2.95. The predicted octanol–water partition coefficient (Wildman–Crippen LogP) is 5.09. The summed E-state index contributed by atoms with van der Waals surface area (Å²) < 4.78 is 11.1. The van der Waals surface area contributed by atoms with Crippen LogP contribution in [0.1, 0.15) is 60.2 Å². The van der Waals surface area contributed by atoms with Crippen molar-refractivity contribution in [1.29, 1.82) is 0 Å². The van der Waals surface area contributed by atoms with Crippen LogP contribution in [0.25, 0.3) is 11.5 Å². The maximum Gasteiger partial charge on any atom is 0.338 e. The van der Waals surface area contributed by atoms with Crippen molar-refractivity contribution < 1.29 is 13.9 Å².